The number of urea groups is 1. The molecule has 0 aliphatic heterocycles. The molecule has 0 saturated carbocycles. The number of nitrogens with two attached hydrogens (primary N) is 2. The summed E-state index contributed by atoms with van der Waals surface area (Å²) in [5.41, 5.74) is 5.81. The molecule has 5 N–H and O–H groups in total. The zero-order valence-corrected chi connectivity index (χ0v) is 8.55. The summed E-state index contributed by atoms with van der Waals surface area (Å²) in [7, 11) is 0. The highest BCUT2D eigenvalue weighted by Crippen LogP contribution is 2.03. The van der Waals surface area contributed by atoms with Crippen molar-refractivity contribution in [1.82, 2.24) is 5.32 Å². The third-order valence-electron chi connectivity index (χ3n) is 2.00. The summed E-state index contributed by atoms with van der Waals surface area (Å²) in [4.78, 5) is 26.0. The van der Waals surface area contributed by atoms with Gasteiger partial charge in [-0.2, -0.15) is 5.90 Å². The van der Waals surface area contributed by atoms with Crippen LogP contribution in [-0.2, 0) is 16.1 Å². The van der Waals surface area contributed by atoms with E-state index in [0.717, 1.165) is 5.56 Å². The number of amides is 2. The van der Waals surface area contributed by atoms with E-state index in [9.17, 15) is 9.59 Å². The van der Waals surface area contributed by atoms with E-state index in [0.29, 0.717) is 0 Å². The number of benzene rings is 1. The van der Waals surface area contributed by atoms with E-state index in [2.05, 4.69) is 10.2 Å². The van der Waals surface area contributed by atoms with Crippen molar-refractivity contribution < 1.29 is 14.4 Å². The van der Waals surface area contributed by atoms with Crippen LogP contribution in [0, 0.1) is 0 Å². The molecule has 0 spiro atoms. The van der Waals surface area contributed by atoms with Crippen molar-refractivity contribution in [2.45, 2.75) is 12.5 Å². The van der Waals surface area contributed by atoms with Gasteiger partial charge in [-0.05, 0) is 5.56 Å². The standard InChI is InChI=1S/C10H13N3O3/c11-10(15)13-8(9(14)16-12)6-7-4-2-1-3-5-7/h1-5,8H,6,12H2,(H3,11,13,15). The fourth-order valence-electron chi connectivity index (χ4n) is 1.30. The fraction of sp³-hybridized carbons (Fsp3) is 0.200. The van der Waals surface area contributed by atoms with E-state index < -0.39 is 18.0 Å². The molecule has 1 aromatic carbocycles. The highest BCUT2D eigenvalue weighted by Gasteiger charge is 2.21. The zero-order valence-electron chi connectivity index (χ0n) is 8.55. The molecule has 6 heteroatoms. The predicted octanol–water partition coefficient (Wildman–Crippen LogP) is -0.317. The maximum Gasteiger partial charge on any atom is 0.347 e. The average molecular weight is 223 g/mol. The average Bonchev–Trinajstić information content (AvgIpc) is 2.28. The van der Waals surface area contributed by atoms with Gasteiger partial charge in [0.1, 0.15) is 6.04 Å². The van der Waals surface area contributed by atoms with Crippen LogP contribution >= 0.6 is 0 Å². The Morgan fingerprint density at radius 2 is 1.94 bits per heavy atom. The first kappa shape index (κ1) is 12.0. The lowest BCUT2D eigenvalue weighted by Crippen LogP contribution is -2.46. The number of carbonyl (C=O) groups is 2. The van der Waals surface area contributed by atoms with Gasteiger partial charge in [0.15, 0.2) is 0 Å². The van der Waals surface area contributed by atoms with Crippen molar-refractivity contribution in [2.24, 2.45) is 11.6 Å². The summed E-state index contributed by atoms with van der Waals surface area (Å²) >= 11 is 0. The van der Waals surface area contributed by atoms with Gasteiger partial charge in [0.25, 0.3) is 0 Å². The number of hydrogen-bond acceptors (Lipinski definition) is 4. The third kappa shape index (κ3) is 3.58. The highest BCUT2D eigenvalue weighted by atomic mass is 16.7. The van der Waals surface area contributed by atoms with Crippen LogP contribution in [0.25, 0.3) is 0 Å². The maximum atomic E-state index is 11.2. The summed E-state index contributed by atoms with van der Waals surface area (Å²) < 4.78 is 0. The molecule has 1 rings (SSSR count). The van der Waals surface area contributed by atoms with E-state index in [4.69, 9.17) is 11.6 Å². The summed E-state index contributed by atoms with van der Waals surface area (Å²) in [6.45, 7) is 0. The number of carbonyl (C=O) groups excluding carboxylic acids is 2. The minimum Gasteiger partial charge on any atom is -0.372 e. The summed E-state index contributed by atoms with van der Waals surface area (Å²) in [6, 6.07) is 7.46. The van der Waals surface area contributed by atoms with E-state index >= 15 is 0 Å². The lowest BCUT2D eigenvalue weighted by molar-refractivity contribution is -0.146. The molecule has 0 aromatic heterocycles. The smallest absolute Gasteiger partial charge is 0.347 e. The van der Waals surface area contributed by atoms with E-state index in [1.165, 1.54) is 0 Å². The Hall–Kier alpha value is -2.08. The molecule has 0 bridgehead atoms. The Balaban J connectivity index is 2.70. The molecule has 16 heavy (non-hydrogen) atoms. The Morgan fingerprint density at radius 3 is 2.44 bits per heavy atom. The van der Waals surface area contributed by atoms with Crippen LogP contribution in [-0.4, -0.2) is 18.0 Å². The molecule has 1 atom stereocenters. The van der Waals surface area contributed by atoms with Crippen LogP contribution in [0.4, 0.5) is 4.79 Å². The van der Waals surface area contributed by atoms with Crippen molar-refractivity contribution in [3.05, 3.63) is 35.9 Å². The second-order valence-corrected chi connectivity index (χ2v) is 3.19. The quantitative estimate of drug-likeness (QED) is 0.608. The van der Waals surface area contributed by atoms with Crippen LogP contribution in [0.2, 0.25) is 0 Å². The van der Waals surface area contributed by atoms with Crippen molar-refractivity contribution in [3.63, 3.8) is 0 Å². The molecule has 6 nitrogen and oxygen atoms in total. The van der Waals surface area contributed by atoms with Crippen molar-refractivity contribution in [1.29, 1.82) is 0 Å². The van der Waals surface area contributed by atoms with Gasteiger partial charge in [0, 0.05) is 6.42 Å². The van der Waals surface area contributed by atoms with Gasteiger partial charge in [-0.15, -0.1) is 0 Å². The minimum atomic E-state index is -0.870. The summed E-state index contributed by atoms with van der Waals surface area (Å²) in [5.74, 6) is 4.03. The second kappa shape index (κ2) is 5.72. The van der Waals surface area contributed by atoms with Crippen LogP contribution in [0.5, 0.6) is 0 Å². The lowest BCUT2D eigenvalue weighted by atomic mass is 10.1. The van der Waals surface area contributed by atoms with Gasteiger partial charge >= 0.3 is 12.0 Å². The number of primary amides is 1. The Kier molecular flexibility index (Phi) is 4.28. The maximum absolute atomic E-state index is 11.2. The van der Waals surface area contributed by atoms with Crippen molar-refractivity contribution >= 4 is 12.0 Å². The number of rotatable bonds is 4. The first-order valence-corrected chi connectivity index (χ1v) is 4.64. The molecule has 86 valence electrons. The van der Waals surface area contributed by atoms with Gasteiger partial charge in [-0.25, -0.2) is 9.59 Å². The van der Waals surface area contributed by atoms with Crippen molar-refractivity contribution in [3.8, 4) is 0 Å². The van der Waals surface area contributed by atoms with E-state index in [1.54, 1.807) is 0 Å². The van der Waals surface area contributed by atoms with Crippen LogP contribution in [0.15, 0.2) is 30.3 Å². The summed E-state index contributed by atoms with van der Waals surface area (Å²) in [5, 5.41) is 2.26. The fourth-order valence-corrected chi connectivity index (χ4v) is 1.30. The van der Waals surface area contributed by atoms with Gasteiger partial charge < -0.3 is 15.9 Å². The molecule has 0 fully saturated rings. The second-order valence-electron chi connectivity index (χ2n) is 3.19. The Morgan fingerprint density at radius 1 is 1.31 bits per heavy atom. The first-order chi connectivity index (χ1) is 7.63. The Bertz CT molecular complexity index is 367. The van der Waals surface area contributed by atoms with Gasteiger partial charge in [-0.1, -0.05) is 30.3 Å². The van der Waals surface area contributed by atoms with Crippen LogP contribution in [0.1, 0.15) is 5.56 Å². The molecule has 0 saturated heterocycles. The molecular weight excluding hydrogens is 210 g/mol. The highest BCUT2D eigenvalue weighted by molar-refractivity contribution is 5.82. The third-order valence-corrected chi connectivity index (χ3v) is 2.00. The number of hydrogen-bond donors (Lipinski definition) is 3. The normalized spacial score (nSPS) is 11.6. The van der Waals surface area contributed by atoms with E-state index in [1.807, 2.05) is 30.3 Å². The SMILES string of the molecule is NOC(=O)C(Cc1ccccc1)NC(N)=O. The molecule has 1 aromatic rings. The molecule has 1 unspecified atom stereocenters. The van der Waals surface area contributed by atoms with Gasteiger partial charge in [0.2, 0.25) is 0 Å². The Labute approximate surface area is 92.5 Å². The summed E-state index contributed by atoms with van der Waals surface area (Å²) in [6.07, 6.45) is 0.278. The van der Waals surface area contributed by atoms with E-state index in [-0.39, 0.29) is 6.42 Å². The topological polar surface area (TPSA) is 107 Å². The van der Waals surface area contributed by atoms with Gasteiger partial charge in [0.05, 0.1) is 0 Å². The molecule has 2 amide bonds. The molecular formula is C10H13N3O3. The predicted molar refractivity (Wildman–Crippen MR) is 56.9 cm³/mol. The molecule has 0 heterocycles. The van der Waals surface area contributed by atoms with Crippen molar-refractivity contribution in [2.75, 3.05) is 0 Å². The minimum absolute atomic E-state index is 0.278. The van der Waals surface area contributed by atoms with Gasteiger partial charge in [-0.3, -0.25) is 0 Å². The number of nitrogens with one attached hydrogen (secondary N) is 1. The first-order valence-electron chi connectivity index (χ1n) is 4.64. The molecule has 0 aliphatic carbocycles. The largest absolute Gasteiger partial charge is 0.372 e. The van der Waals surface area contributed by atoms with Crippen LogP contribution < -0.4 is 16.9 Å². The lowest BCUT2D eigenvalue weighted by Gasteiger charge is -2.14. The monoisotopic (exact) mass is 223 g/mol. The molecule has 0 aliphatic rings. The zero-order chi connectivity index (χ0) is 12.0. The van der Waals surface area contributed by atoms with Crippen LogP contribution in [0.3, 0.4) is 0 Å². The molecule has 0 radical (unpaired) electrons.